The van der Waals surface area contributed by atoms with E-state index in [1.807, 2.05) is 6.92 Å². The van der Waals surface area contributed by atoms with E-state index in [4.69, 9.17) is 4.74 Å². The van der Waals surface area contributed by atoms with E-state index in [9.17, 15) is 0 Å². The van der Waals surface area contributed by atoms with Crippen LogP contribution in [0.5, 0.6) is 0 Å². The average Bonchev–Trinajstić information content (AvgIpc) is 2.19. The van der Waals surface area contributed by atoms with Crippen molar-refractivity contribution in [2.75, 3.05) is 32.1 Å². The Morgan fingerprint density at radius 2 is 2.38 bits per heavy atom. The van der Waals surface area contributed by atoms with Gasteiger partial charge in [0.05, 0.1) is 6.61 Å². The van der Waals surface area contributed by atoms with Crippen LogP contribution in [-0.2, 0) is 4.74 Å². The highest BCUT2D eigenvalue weighted by atomic mass is 32.2. The van der Waals surface area contributed by atoms with Crippen LogP contribution in [0.1, 0.15) is 26.2 Å². The predicted octanol–water partition coefficient (Wildman–Crippen LogP) is 1.90. The van der Waals surface area contributed by atoms with Crippen molar-refractivity contribution in [1.29, 1.82) is 0 Å². The number of rotatable bonds is 6. The summed E-state index contributed by atoms with van der Waals surface area (Å²) in [5, 5.41) is 4.30. The van der Waals surface area contributed by atoms with Crippen LogP contribution in [0.3, 0.4) is 0 Å². The fourth-order valence-corrected chi connectivity index (χ4v) is 2.79. The number of hydrogen-bond donors (Lipinski definition) is 1. The van der Waals surface area contributed by atoms with Crippen molar-refractivity contribution >= 4 is 11.8 Å². The molecule has 1 N–H and O–H groups in total. The molecule has 3 heteroatoms. The zero-order valence-electron chi connectivity index (χ0n) is 8.55. The van der Waals surface area contributed by atoms with E-state index < -0.39 is 0 Å². The highest BCUT2D eigenvalue weighted by Crippen LogP contribution is 2.23. The van der Waals surface area contributed by atoms with Gasteiger partial charge in [0.25, 0.3) is 0 Å². The van der Waals surface area contributed by atoms with Crippen LogP contribution in [0, 0.1) is 0 Å². The van der Waals surface area contributed by atoms with E-state index in [2.05, 4.69) is 17.1 Å². The van der Waals surface area contributed by atoms with E-state index in [0.29, 0.717) is 0 Å². The Hall–Kier alpha value is 0.270. The van der Waals surface area contributed by atoms with Crippen molar-refractivity contribution in [3.63, 3.8) is 0 Å². The second kappa shape index (κ2) is 7.65. The summed E-state index contributed by atoms with van der Waals surface area (Å²) < 4.78 is 5.25. The summed E-state index contributed by atoms with van der Waals surface area (Å²) in [6, 6.07) is 0. The van der Waals surface area contributed by atoms with Crippen LogP contribution in [-0.4, -0.2) is 37.3 Å². The summed E-state index contributed by atoms with van der Waals surface area (Å²) in [4.78, 5) is 0. The van der Waals surface area contributed by atoms with Crippen LogP contribution < -0.4 is 5.32 Å². The zero-order chi connectivity index (χ0) is 9.36. The molecular formula is C10H21NOS. The predicted molar refractivity (Wildman–Crippen MR) is 59.5 cm³/mol. The van der Waals surface area contributed by atoms with Gasteiger partial charge in [0, 0.05) is 24.9 Å². The Labute approximate surface area is 85.8 Å². The van der Waals surface area contributed by atoms with Crippen molar-refractivity contribution in [2.45, 2.75) is 31.4 Å². The molecule has 0 amide bonds. The van der Waals surface area contributed by atoms with Gasteiger partial charge in [0.15, 0.2) is 0 Å². The molecule has 13 heavy (non-hydrogen) atoms. The number of nitrogens with one attached hydrogen (secondary N) is 1. The summed E-state index contributed by atoms with van der Waals surface area (Å²) in [6.07, 6.45) is 4.23. The first-order valence-corrected chi connectivity index (χ1v) is 6.38. The molecular weight excluding hydrogens is 182 g/mol. The van der Waals surface area contributed by atoms with Crippen LogP contribution in [0.4, 0.5) is 0 Å². The lowest BCUT2D eigenvalue weighted by atomic mass is 10.2. The van der Waals surface area contributed by atoms with E-state index in [-0.39, 0.29) is 0 Å². The summed E-state index contributed by atoms with van der Waals surface area (Å²) in [5.41, 5.74) is 0. The molecule has 1 rings (SSSR count). The molecule has 1 aliphatic heterocycles. The maximum atomic E-state index is 5.25. The molecule has 0 aliphatic carbocycles. The quantitative estimate of drug-likeness (QED) is 0.666. The van der Waals surface area contributed by atoms with Crippen molar-refractivity contribution < 1.29 is 4.74 Å². The van der Waals surface area contributed by atoms with Gasteiger partial charge in [-0.05, 0) is 25.5 Å². The minimum atomic E-state index is 0.833. The maximum Gasteiger partial charge on any atom is 0.0590 e. The molecule has 0 saturated carbocycles. The first kappa shape index (κ1) is 11.3. The molecule has 1 aliphatic rings. The Bertz CT molecular complexity index is 115. The molecule has 0 spiro atoms. The molecule has 78 valence electrons. The zero-order valence-corrected chi connectivity index (χ0v) is 9.37. The van der Waals surface area contributed by atoms with Gasteiger partial charge < -0.3 is 10.1 Å². The molecule has 1 unspecified atom stereocenters. The Morgan fingerprint density at radius 1 is 1.46 bits per heavy atom. The first-order chi connectivity index (χ1) is 6.43. The molecule has 2 nitrogen and oxygen atoms in total. The Kier molecular flexibility index (Phi) is 6.68. The standard InChI is InChI=1S/C10H21NOS/c1-2-12-7-6-11-9-10-5-3-4-8-13-10/h10-11H,2-9H2,1H3. The summed E-state index contributed by atoms with van der Waals surface area (Å²) in [7, 11) is 0. The Morgan fingerprint density at radius 3 is 3.08 bits per heavy atom. The van der Waals surface area contributed by atoms with Gasteiger partial charge >= 0.3 is 0 Å². The minimum Gasteiger partial charge on any atom is -0.380 e. The smallest absolute Gasteiger partial charge is 0.0590 e. The molecule has 0 aromatic heterocycles. The van der Waals surface area contributed by atoms with E-state index >= 15 is 0 Å². The molecule has 1 fully saturated rings. The largest absolute Gasteiger partial charge is 0.380 e. The van der Waals surface area contributed by atoms with E-state index in [1.165, 1.54) is 25.0 Å². The highest BCUT2D eigenvalue weighted by molar-refractivity contribution is 7.99. The number of hydrogen-bond acceptors (Lipinski definition) is 3. The third-order valence-corrected chi connectivity index (χ3v) is 3.67. The molecule has 0 bridgehead atoms. The molecule has 1 saturated heterocycles. The van der Waals surface area contributed by atoms with Gasteiger partial charge in [-0.15, -0.1) is 0 Å². The summed E-state index contributed by atoms with van der Waals surface area (Å²) >= 11 is 2.12. The normalized spacial score (nSPS) is 23.3. The Balaban J connectivity index is 1.86. The molecule has 0 aromatic rings. The molecule has 0 radical (unpaired) electrons. The lowest BCUT2D eigenvalue weighted by Crippen LogP contribution is -2.29. The minimum absolute atomic E-state index is 0.833. The molecule has 1 atom stereocenters. The van der Waals surface area contributed by atoms with Gasteiger partial charge in [-0.1, -0.05) is 6.42 Å². The van der Waals surface area contributed by atoms with Crippen molar-refractivity contribution in [3.05, 3.63) is 0 Å². The van der Waals surface area contributed by atoms with E-state index in [1.54, 1.807) is 0 Å². The SMILES string of the molecule is CCOCCNCC1CCCCS1. The third kappa shape index (κ3) is 5.55. The van der Waals surface area contributed by atoms with Gasteiger partial charge in [0.2, 0.25) is 0 Å². The first-order valence-electron chi connectivity index (χ1n) is 5.33. The monoisotopic (exact) mass is 203 g/mol. The van der Waals surface area contributed by atoms with Crippen molar-refractivity contribution in [3.8, 4) is 0 Å². The third-order valence-electron chi connectivity index (χ3n) is 2.27. The number of ether oxygens (including phenoxy) is 1. The summed E-state index contributed by atoms with van der Waals surface area (Å²) in [6.45, 7) is 5.90. The van der Waals surface area contributed by atoms with Gasteiger partial charge in [-0.2, -0.15) is 11.8 Å². The fourth-order valence-electron chi connectivity index (χ4n) is 1.52. The van der Waals surface area contributed by atoms with E-state index in [0.717, 1.165) is 31.6 Å². The molecule has 1 heterocycles. The van der Waals surface area contributed by atoms with Crippen LogP contribution in [0.2, 0.25) is 0 Å². The topological polar surface area (TPSA) is 21.3 Å². The number of thioether (sulfide) groups is 1. The van der Waals surface area contributed by atoms with Gasteiger partial charge in [-0.25, -0.2) is 0 Å². The van der Waals surface area contributed by atoms with Crippen molar-refractivity contribution in [2.24, 2.45) is 0 Å². The van der Waals surface area contributed by atoms with Crippen LogP contribution in [0.25, 0.3) is 0 Å². The lowest BCUT2D eigenvalue weighted by Gasteiger charge is -2.21. The highest BCUT2D eigenvalue weighted by Gasteiger charge is 2.12. The average molecular weight is 203 g/mol. The van der Waals surface area contributed by atoms with Gasteiger partial charge in [-0.3, -0.25) is 0 Å². The second-order valence-corrected chi connectivity index (χ2v) is 4.80. The van der Waals surface area contributed by atoms with Crippen molar-refractivity contribution in [1.82, 2.24) is 5.32 Å². The fraction of sp³-hybridized carbons (Fsp3) is 1.00. The van der Waals surface area contributed by atoms with Gasteiger partial charge in [0.1, 0.15) is 0 Å². The maximum absolute atomic E-state index is 5.25. The lowest BCUT2D eigenvalue weighted by molar-refractivity contribution is 0.149. The summed E-state index contributed by atoms with van der Waals surface area (Å²) in [5.74, 6) is 1.36. The molecule has 0 aromatic carbocycles. The van der Waals surface area contributed by atoms with Crippen LogP contribution in [0.15, 0.2) is 0 Å². The second-order valence-electron chi connectivity index (χ2n) is 3.39. The van der Waals surface area contributed by atoms with Crippen LogP contribution >= 0.6 is 11.8 Å².